The Kier molecular flexibility index (Phi) is 5.22. The zero-order valence-electron chi connectivity index (χ0n) is 9.02. The van der Waals surface area contributed by atoms with Crippen LogP contribution in [0.1, 0.15) is 13.3 Å². The van der Waals surface area contributed by atoms with Crippen LogP contribution in [0.4, 0.5) is 10.1 Å². The molecule has 0 radical (unpaired) electrons. The second kappa shape index (κ2) is 6.45. The van der Waals surface area contributed by atoms with Crippen molar-refractivity contribution in [2.24, 2.45) is 0 Å². The topological polar surface area (TPSA) is 41.1 Å². The smallest absolute Gasteiger partial charge is 0.238 e. The van der Waals surface area contributed by atoms with E-state index in [9.17, 15) is 9.18 Å². The Balaban J connectivity index is 2.49. The molecule has 0 spiro atoms. The van der Waals surface area contributed by atoms with Crippen molar-refractivity contribution in [3.05, 3.63) is 29.0 Å². The Labute approximate surface area is 99.0 Å². The predicted molar refractivity (Wildman–Crippen MR) is 63.2 cm³/mol. The van der Waals surface area contributed by atoms with Crippen LogP contribution in [-0.4, -0.2) is 19.0 Å². The summed E-state index contributed by atoms with van der Waals surface area (Å²) in [6, 6.07) is 3.85. The third-order valence-electron chi connectivity index (χ3n) is 1.92. The van der Waals surface area contributed by atoms with Crippen molar-refractivity contribution in [1.82, 2.24) is 5.32 Å². The molecule has 0 fully saturated rings. The molecular weight excluding hydrogens is 231 g/mol. The molecule has 16 heavy (non-hydrogen) atoms. The lowest BCUT2D eigenvalue weighted by molar-refractivity contribution is -0.115. The number of carbonyl (C=O) groups is 1. The lowest BCUT2D eigenvalue weighted by Gasteiger charge is -2.07. The molecule has 0 aliphatic rings. The van der Waals surface area contributed by atoms with Crippen LogP contribution in [0.5, 0.6) is 0 Å². The number of rotatable bonds is 5. The number of halogens is 2. The molecule has 0 aromatic heterocycles. The average Bonchev–Trinajstić information content (AvgIpc) is 2.23. The summed E-state index contributed by atoms with van der Waals surface area (Å²) >= 11 is 5.76. The van der Waals surface area contributed by atoms with Crippen LogP contribution in [0.25, 0.3) is 0 Å². The fraction of sp³-hybridized carbons (Fsp3) is 0.364. The molecule has 1 amide bonds. The summed E-state index contributed by atoms with van der Waals surface area (Å²) in [4.78, 5) is 11.4. The summed E-state index contributed by atoms with van der Waals surface area (Å²) in [6.45, 7) is 3.02. The van der Waals surface area contributed by atoms with Crippen molar-refractivity contribution < 1.29 is 9.18 Å². The predicted octanol–water partition coefficient (Wildman–Crippen LogP) is 2.42. The Bertz CT molecular complexity index is 371. The lowest BCUT2D eigenvalue weighted by atomic mass is 10.3. The molecule has 0 heterocycles. The molecule has 0 atom stereocenters. The number of hydrogen-bond donors (Lipinski definition) is 2. The van der Waals surface area contributed by atoms with Crippen LogP contribution >= 0.6 is 11.6 Å². The van der Waals surface area contributed by atoms with E-state index in [2.05, 4.69) is 10.6 Å². The number of amides is 1. The van der Waals surface area contributed by atoms with Crippen LogP contribution in [0.2, 0.25) is 5.02 Å². The first kappa shape index (κ1) is 12.9. The monoisotopic (exact) mass is 244 g/mol. The highest BCUT2D eigenvalue weighted by Gasteiger charge is 2.05. The van der Waals surface area contributed by atoms with Gasteiger partial charge >= 0.3 is 0 Å². The van der Waals surface area contributed by atoms with Crippen molar-refractivity contribution in [2.45, 2.75) is 13.3 Å². The van der Waals surface area contributed by atoms with E-state index in [1.165, 1.54) is 12.1 Å². The number of benzene rings is 1. The molecule has 0 aliphatic heterocycles. The Morgan fingerprint density at radius 3 is 2.88 bits per heavy atom. The maximum Gasteiger partial charge on any atom is 0.238 e. The van der Waals surface area contributed by atoms with E-state index in [1.807, 2.05) is 6.92 Å². The molecule has 0 saturated carbocycles. The van der Waals surface area contributed by atoms with E-state index in [0.29, 0.717) is 5.69 Å². The summed E-state index contributed by atoms with van der Waals surface area (Å²) in [7, 11) is 0. The summed E-state index contributed by atoms with van der Waals surface area (Å²) in [5.41, 5.74) is 0.423. The van der Waals surface area contributed by atoms with Gasteiger partial charge in [0.15, 0.2) is 0 Å². The zero-order chi connectivity index (χ0) is 12.0. The van der Waals surface area contributed by atoms with Crippen molar-refractivity contribution >= 4 is 23.2 Å². The molecule has 0 aliphatic carbocycles. The van der Waals surface area contributed by atoms with Gasteiger partial charge in [0.25, 0.3) is 0 Å². The summed E-state index contributed by atoms with van der Waals surface area (Å²) in [5, 5.41) is 5.75. The van der Waals surface area contributed by atoms with Gasteiger partial charge in [0.1, 0.15) is 5.82 Å². The van der Waals surface area contributed by atoms with Crippen LogP contribution in [-0.2, 0) is 4.79 Å². The van der Waals surface area contributed by atoms with E-state index in [1.54, 1.807) is 0 Å². The van der Waals surface area contributed by atoms with Crippen LogP contribution < -0.4 is 10.6 Å². The summed E-state index contributed by atoms with van der Waals surface area (Å²) in [6.07, 6.45) is 0.963. The summed E-state index contributed by atoms with van der Waals surface area (Å²) in [5.74, 6) is -0.617. The number of nitrogens with one attached hydrogen (secondary N) is 2. The highest BCUT2D eigenvalue weighted by Crippen LogP contribution is 2.21. The Morgan fingerprint density at radius 2 is 2.25 bits per heavy atom. The van der Waals surface area contributed by atoms with E-state index in [4.69, 9.17) is 11.6 Å². The molecule has 3 nitrogen and oxygen atoms in total. The van der Waals surface area contributed by atoms with Crippen molar-refractivity contribution in [3.63, 3.8) is 0 Å². The molecule has 0 saturated heterocycles. The molecule has 1 aromatic rings. The fourth-order valence-electron chi connectivity index (χ4n) is 1.16. The average molecular weight is 245 g/mol. The van der Waals surface area contributed by atoms with Gasteiger partial charge in [-0.1, -0.05) is 18.5 Å². The van der Waals surface area contributed by atoms with Crippen LogP contribution in [0, 0.1) is 5.82 Å². The minimum atomic E-state index is -0.424. The Hall–Kier alpha value is -1.13. The first-order chi connectivity index (χ1) is 7.63. The normalized spacial score (nSPS) is 10.2. The van der Waals surface area contributed by atoms with Crippen molar-refractivity contribution in [1.29, 1.82) is 0 Å². The molecule has 2 N–H and O–H groups in total. The van der Waals surface area contributed by atoms with Gasteiger partial charge in [-0.25, -0.2) is 4.39 Å². The third-order valence-corrected chi connectivity index (χ3v) is 2.23. The van der Waals surface area contributed by atoms with Crippen molar-refractivity contribution in [3.8, 4) is 0 Å². The van der Waals surface area contributed by atoms with Gasteiger partial charge in [-0.05, 0) is 31.2 Å². The second-order valence-electron chi connectivity index (χ2n) is 3.35. The maximum absolute atomic E-state index is 12.7. The van der Waals surface area contributed by atoms with Gasteiger partial charge < -0.3 is 10.6 Å². The fourth-order valence-corrected chi connectivity index (χ4v) is 1.38. The van der Waals surface area contributed by atoms with E-state index >= 15 is 0 Å². The standard InChI is InChI=1S/C11H14ClFN2O/c1-2-5-14-7-11(16)15-10-4-3-8(13)6-9(10)12/h3-4,6,14H,2,5,7H2,1H3,(H,15,16). The molecule has 5 heteroatoms. The van der Waals surface area contributed by atoms with Gasteiger partial charge in [-0.2, -0.15) is 0 Å². The highest BCUT2D eigenvalue weighted by atomic mass is 35.5. The van der Waals surface area contributed by atoms with Gasteiger partial charge in [-0.15, -0.1) is 0 Å². The van der Waals surface area contributed by atoms with E-state index < -0.39 is 5.82 Å². The van der Waals surface area contributed by atoms with Gasteiger partial charge in [0.2, 0.25) is 5.91 Å². The zero-order valence-corrected chi connectivity index (χ0v) is 9.77. The molecule has 88 valence electrons. The van der Waals surface area contributed by atoms with E-state index in [-0.39, 0.29) is 17.5 Å². The van der Waals surface area contributed by atoms with Crippen LogP contribution in [0.3, 0.4) is 0 Å². The van der Waals surface area contributed by atoms with Crippen molar-refractivity contribution in [2.75, 3.05) is 18.4 Å². The Morgan fingerprint density at radius 1 is 1.50 bits per heavy atom. The lowest BCUT2D eigenvalue weighted by Crippen LogP contribution is -2.28. The van der Waals surface area contributed by atoms with Crippen LogP contribution in [0.15, 0.2) is 18.2 Å². The highest BCUT2D eigenvalue weighted by molar-refractivity contribution is 6.33. The molecule has 1 rings (SSSR count). The number of hydrogen-bond acceptors (Lipinski definition) is 2. The quantitative estimate of drug-likeness (QED) is 0.781. The largest absolute Gasteiger partial charge is 0.324 e. The SMILES string of the molecule is CCCNCC(=O)Nc1ccc(F)cc1Cl. The first-order valence-electron chi connectivity index (χ1n) is 5.09. The second-order valence-corrected chi connectivity index (χ2v) is 3.76. The van der Waals surface area contributed by atoms with Gasteiger partial charge in [-0.3, -0.25) is 4.79 Å². The third kappa shape index (κ3) is 4.16. The number of carbonyl (C=O) groups excluding carboxylic acids is 1. The van der Waals surface area contributed by atoms with E-state index in [0.717, 1.165) is 19.0 Å². The molecule has 1 aromatic carbocycles. The molecular formula is C11H14ClFN2O. The first-order valence-corrected chi connectivity index (χ1v) is 5.47. The minimum absolute atomic E-state index is 0.193. The van der Waals surface area contributed by atoms with Gasteiger partial charge in [0.05, 0.1) is 17.3 Å². The van der Waals surface area contributed by atoms with Gasteiger partial charge in [0, 0.05) is 0 Å². The minimum Gasteiger partial charge on any atom is -0.324 e. The molecule has 0 unspecified atom stereocenters. The molecule has 0 bridgehead atoms. The number of anilines is 1. The summed E-state index contributed by atoms with van der Waals surface area (Å²) < 4.78 is 12.7. The maximum atomic E-state index is 12.7.